The zero-order valence-electron chi connectivity index (χ0n) is 42.7. The van der Waals surface area contributed by atoms with Crippen molar-refractivity contribution in [1.82, 2.24) is 4.57 Å². The highest BCUT2D eigenvalue weighted by Crippen LogP contribution is 2.49. The van der Waals surface area contributed by atoms with Crippen molar-refractivity contribution in [2.45, 2.75) is 0 Å². The lowest BCUT2D eigenvalue weighted by atomic mass is 9.93. The number of rotatable bonds is 7. The number of benzene rings is 14. The molecule has 17 aromatic rings. The topological polar surface area (TPSA) is 4.93 Å². The number of nitrogens with zero attached hydrogens (tertiary/aromatic N) is 1. The van der Waals surface area contributed by atoms with Crippen molar-refractivity contribution in [2.75, 3.05) is 0 Å². The summed E-state index contributed by atoms with van der Waals surface area (Å²) in [7, 11) is 0. The lowest BCUT2D eigenvalue weighted by Crippen LogP contribution is -1.96. The Morgan fingerprint density at radius 3 is 1.10 bits per heavy atom. The van der Waals surface area contributed by atoms with E-state index in [0.29, 0.717) is 0 Å². The summed E-state index contributed by atoms with van der Waals surface area (Å²) >= 11 is 3.81. The second kappa shape index (κ2) is 17.4. The third-order valence-electron chi connectivity index (χ3n) is 16.7. The Morgan fingerprint density at radius 2 is 0.620 bits per heavy atom. The predicted molar refractivity (Wildman–Crippen MR) is 343 cm³/mol. The van der Waals surface area contributed by atoms with Crippen LogP contribution in [0, 0.1) is 0 Å². The molecule has 0 aliphatic heterocycles. The normalized spacial score (nSPS) is 12.1. The van der Waals surface area contributed by atoms with Crippen LogP contribution in [0.1, 0.15) is 0 Å². The molecule has 0 aliphatic carbocycles. The molecule has 0 atom stereocenters. The highest BCUT2D eigenvalue weighted by Gasteiger charge is 2.22. The summed E-state index contributed by atoms with van der Waals surface area (Å²) in [5, 5.41) is 15.3. The zero-order chi connectivity index (χ0) is 51.7. The van der Waals surface area contributed by atoms with E-state index in [-0.39, 0.29) is 0 Å². The number of fused-ring (bicyclic) bond motifs is 9. The summed E-state index contributed by atoms with van der Waals surface area (Å²) in [4.78, 5) is 0. The molecule has 0 radical (unpaired) electrons. The minimum atomic E-state index is 1.18. The maximum atomic E-state index is 2.55. The van der Waals surface area contributed by atoms with Crippen LogP contribution in [0.25, 0.3) is 167 Å². The van der Waals surface area contributed by atoms with Crippen LogP contribution >= 0.6 is 22.7 Å². The fourth-order valence-electron chi connectivity index (χ4n) is 12.9. The number of aromatic nitrogens is 1. The molecule has 1 nitrogen and oxygen atoms in total. The van der Waals surface area contributed by atoms with Crippen molar-refractivity contribution in [3.05, 3.63) is 273 Å². The van der Waals surface area contributed by atoms with Gasteiger partial charge in [0.05, 0.1) is 16.7 Å². The summed E-state index contributed by atoms with van der Waals surface area (Å²) in [6, 6.07) is 102. The molecule has 3 heteroatoms. The summed E-state index contributed by atoms with van der Waals surface area (Å²) < 4.78 is 7.73. The molecule has 366 valence electrons. The van der Waals surface area contributed by atoms with E-state index >= 15 is 0 Å². The van der Waals surface area contributed by atoms with Crippen LogP contribution in [0.2, 0.25) is 0 Å². The van der Waals surface area contributed by atoms with Gasteiger partial charge < -0.3 is 4.57 Å². The van der Waals surface area contributed by atoms with Crippen molar-refractivity contribution in [1.29, 1.82) is 0 Å². The van der Waals surface area contributed by atoms with Crippen LogP contribution in [-0.4, -0.2) is 4.57 Å². The SMILES string of the molecule is c1ccc(-c2ccc3sc4c(-c5ccc6c(c5)c5cc(-c7cc(-c8ccccc8)cc8c7sc7ccc(-c9ccccc9)cc78)ccc5n6-c5ccc6ccc7cccc8ccc5c6c78)cc(-c5ccccc5)cc4c3c2)cc1. The number of hydrogen-bond acceptors (Lipinski definition) is 2. The highest BCUT2D eigenvalue weighted by molar-refractivity contribution is 7.26. The Hall–Kier alpha value is -9.64. The third kappa shape index (κ3) is 7.00. The lowest BCUT2D eigenvalue weighted by molar-refractivity contribution is 1.20. The first-order valence-electron chi connectivity index (χ1n) is 27.1. The second-order valence-electron chi connectivity index (χ2n) is 21.1. The van der Waals surface area contributed by atoms with Gasteiger partial charge in [-0.3, -0.25) is 0 Å². The minimum Gasteiger partial charge on any atom is -0.309 e. The minimum absolute atomic E-state index is 1.18. The van der Waals surface area contributed by atoms with E-state index in [0.717, 1.165) is 0 Å². The fraction of sp³-hybridized carbons (Fsp3) is 0. The Morgan fingerprint density at radius 1 is 0.228 bits per heavy atom. The first-order chi connectivity index (χ1) is 39.1. The standard InChI is InChI=1S/C76H45NS2/c1-5-14-46(15-6-1)53-30-36-71-64(38-53)66-44-57(48-18-9-3-10-19-48)42-60(75(66)78-71)55-28-34-69-62(40-55)63-41-56(29-35-70(63)77(69)68-33-27-52-25-24-50-22-13-23-51-26-32-59(68)74(52)73(50)51)61-43-58(49-20-11-4-12-21-49)45-67-65-39-54(47-16-7-2-8-17-47)31-37-72(65)79-76(61)67/h1-45H. The maximum absolute atomic E-state index is 2.55. The molecule has 0 aliphatic rings. The van der Waals surface area contributed by atoms with Gasteiger partial charge in [-0.25, -0.2) is 0 Å². The molecule has 0 bridgehead atoms. The van der Waals surface area contributed by atoms with E-state index in [1.807, 2.05) is 22.7 Å². The molecule has 79 heavy (non-hydrogen) atoms. The van der Waals surface area contributed by atoms with E-state index in [1.165, 1.54) is 167 Å². The quantitative estimate of drug-likeness (QED) is 0.140. The largest absolute Gasteiger partial charge is 0.309 e. The molecule has 14 aromatic carbocycles. The van der Waals surface area contributed by atoms with Gasteiger partial charge in [-0.1, -0.05) is 194 Å². The Balaban J connectivity index is 0.941. The van der Waals surface area contributed by atoms with Crippen molar-refractivity contribution >= 4 is 117 Å². The van der Waals surface area contributed by atoms with Crippen molar-refractivity contribution < 1.29 is 0 Å². The lowest BCUT2D eigenvalue weighted by Gasteiger charge is -2.16. The van der Waals surface area contributed by atoms with Crippen LogP contribution < -0.4 is 0 Å². The van der Waals surface area contributed by atoms with Crippen LogP contribution in [-0.2, 0) is 0 Å². The van der Waals surface area contributed by atoms with Gasteiger partial charge >= 0.3 is 0 Å². The van der Waals surface area contributed by atoms with Crippen LogP contribution in [0.5, 0.6) is 0 Å². The molecule has 3 aromatic heterocycles. The van der Waals surface area contributed by atoms with Crippen molar-refractivity contribution in [3.63, 3.8) is 0 Å². The fourth-order valence-corrected chi connectivity index (χ4v) is 15.3. The van der Waals surface area contributed by atoms with Crippen LogP contribution in [0.4, 0.5) is 0 Å². The summed E-state index contributed by atoms with van der Waals surface area (Å²) in [6.45, 7) is 0. The van der Waals surface area contributed by atoms with Gasteiger partial charge in [0.25, 0.3) is 0 Å². The van der Waals surface area contributed by atoms with E-state index in [1.54, 1.807) is 0 Å². The molecule has 0 fully saturated rings. The van der Waals surface area contributed by atoms with Gasteiger partial charge in [-0.15, -0.1) is 22.7 Å². The van der Waals surface area contributed by atoms with E-state index in [4.69, 9.17) is 0 Å². The van der Waals surface area contributed by atoms with Gasteiger partial charge in [0.15, 0.2) is 0 Å². The molecule has 17 rings (SSSR count). The predicted octanol–water partition coefficient (Wildman–Crippen LogP) is 22.4. The van der Waals surface area contributed by atoms with Crippen molar-refractivity contribution in [2.24, 2.45) is 0 Å². The van der Waals surface area contributed by atoms with Gasteiger partial charge in [-0.2, -0.15) is 0 Å². The second-order valence-corrected chi connectivity index (χ2v) is 23.2. The van der Waals surface area contributed by atoms with Gasteiger partial charge in [0.1, 0.15) is 0 Å². The van der Waals surface area contributed by atoms with Crippen molar-refractivity contribution in [3.8, 4) is 72.4 Å². The van der Waals surface area contributed by atoms with E-state index in [9.17, 15) is 0 Å². The highest BCUT2D eigenvalue weighted by atomic mass is 32.1. The third-order valence-corrected chi connectivity index (χ3v) is 19.1. The average molecular weight is 1040 g/mol. The molecular formula is C76H45NS2. The summed E-state index contributed by atoms with van der Waals surface area (Å²) in [5.74, 6) is 0. The molecule has 0 unspecified atom stereocenters. The molecule has 0 N–H and O–H groups in total. The zero-order valence-corrected chi connectivity index (χ0v) is 44.4. The Kier molecular flexibility index (Phi) is 9.82. The molecule has 0 saturated heterocycles. The first-order valence-corrected chi connectivity index (χ1v) is 28.8. The summed E-state index contributed by atoms with van der Waals surface area (Å²) in [5.41, 5.74) is 18.2. The summed E-state index contributed by atoms with van der Waals surface area (Å²) in [6.07, 6.45) is 0. The Labute approximate surface area is 464 Å². The molecule has 3 heterocycles. The van der Waals surface area contributed by atoms with E-state index in [2.05, 4.69) is 278 Å². The maximum Gasteiger partial charge on any atom is 0.0541 e. The van der Waals surface area contributed by atoms with Gasteiger partial charge in [-0.05, 0) is 161 Å². The smallest absolute Gasteiger partial charge is 0.0541 e. The Bertz CT molecular complexity index is 5010. The average Bonchev–Trinajstić information content (AvgIpc) is 4.35. The number of hydrogen-bond donors (Lipinski definition) is 0. The number of thiophene rings is 2. The van der Waals surface area contributed by atoms with Gasteiger partial charge in [0, 0.05) is 67.6 Å². The molecule has 0 saturated carbocycles. The van der Waals surface area contributed by atoms with E-state index < -0.39 is 0 Å². The monoisotopic (exact) mass is 1040 g/mol. The molecule has 0 spiro atoms. The van der Waals surface area contributed by atoms with Crippen LogP contribution in [0.15, 0.2) is 273 Å². The van der Waals surface area contributed by atoms with Gasteiger partial charge in [0.2, 0.25) is 0 Å². The van der Waals surface area contributed by atoms with Crippen LogP contribution in [0.3, 0.4) is 0 Å². The molecular weight excluding hydrogens is 991 g/mol. The first kappa shape index (κ1) is 44.5. The molecule has 0 amide bonds.